The standard InChI is InChI=1S/C13H16N2O.ClH/c16-13(9-2-1-3-9)15-11-4-5-12-10(8-11)6-7-14-12;/h4-5,8-9,14H,1-3,6-7H2,(H,15,16);1H. The highest BCUT2D eigenvalue weighted by Gasteiger charge is 2.25. The van der Waals surface area contributed by atoms with Gasteiger partial charge in [-0.1, -0.05) is 6.42 Å². The van der Waals surface area contributed by atoms with E-state index in [1.807, 2.05) is 6.07 Å². The van der Waals surface area contributed by atoms with E-state index in [9.17, 15) is 4.79 Å². The van der Waals surface area contributed by atoms with Crippen molar-refractivity contribution >= 4 is 29.7 Å². The Morgan fingerprint density at radius 2 is 2.18 bits per heavy atom. The molecule has 3 rings (SSSR count). The van der Waals surface area contributed by atoms with Crippen LogP contribution in [0.5, 0.6) is 0 Å². The maximum Gasteiger partial charge on any atom is 0.227 e. The zero-order valence-corrected chi connectivity index (χ0v) is 10.5. The van der Waals surface area contributed by atoms with E-state index in [1.165, 1.54) is 17.7 Å². The molecule has 2 aliphatic rings. The lowest BCUT2D eigenvalue weighted by Gasteiger charge is -2.24. The normalized spacial score (nSPS) is 17.4. The average Bonchev–Trinajstić information content (AvgIpc) is 2.61. The molecule has 4 heteroatoms. The lowest BCUT2D eigenvalue weighted by molar-refractivity contribution is -0.122. The number of fused-ring (bicyclic) bond motifs is 1. The molecule has 0 radical (unpaired) electrons. The highest BCUT2D eigenvalue weighted by Crippen LogP contribution is 2.29. The molecule has 1 aliphatic carbocycles. The van der Waals surface area contributed by atoms with Gasteiger partial charge in [0.15, 0.2) is 0 Å². The van der Waals surface area contributed by atoms with Crippen molar-refractivity contribution in [3.8, 4) is 0 Å². The predicted molar refractivity (Wildman–Crippen MR) is 71.9 cm³/mol. The van der Waals surface area contributed by atoms with Crippen molar-refractivity contribution < 1.29 is 4.79 Å². The van der Waals surface area contributed by atoms with Gasteiger partial charge in [0.05, 0.1) is 0 Å². The lowest BCUT2D eigenvalue weighted by Crippen LogP contribution is -2.28. The molecule has 0 unspecified atom stereocenters. The third-order valence-electron chi connectivity index (χ3n) is 3.56. The third kappa shape index (κ3) is 2.39. The summed E-state index contributed by atoms with van der Waals surface area (Å²) in [4.78, 5) is 11.8. The Kier molecular flexibility index (Phi) is 3.57. The Morgan fingerprint density at radius 3 is 2.88 bits per heavy atom. The molecule has 0 bridgehead atoms. The van der Waals surface area contributed by atoms with Crippen LogP contribution in [-0.4, -0.2) is 12.5 Å². The molecule has 1 heterocycles. The quantitative estimate of drug-likeness (QED) is 0.850. The van der Waals surface area contributed by atoms with Crippen molar-refractivity contribution in [2.24, 2.45) is 5.92 Å². The number of carbonyl (C=O) groups is 1. The third-order valence-corrected chi connectivity index (χ3v) is 3.56. The van der Waals surface area contributed by atoms with Crippen LogP contribution in [0.1, 0.15) is 24.8 Å². The van der Waals surface area contributed by atoms with E-state index in [0.717, 1.165) is 31.5 Å². The van der Waals surface area contributed by atoms with Gasteiger partial charge in [0.1, 0.15) is 0 Å². The summed E-state index contributed by atoms with van der Waals surface area (Å²) in [5.74, 6) is 0.448. The monoisotopic (exact) mass is 252 g/mol. The molecular formula is C13H17ClN2O. The predicted octanol–water partition coefficient (Wildman–Crippen LogP) is 2.82. The van der Waals surface area contributed by atoms with Gasteiger partial charge in [-0.15, -0.1) is 12.4 Å². The van der Waals surface area contributed by atoms with Crippen molar-refractivity contribution in [2.45, 2.75) is 25.7 Å². The molecule has 1 aromatic carbocycles. The van der Waals surface area contributed by atoms with Gasteiger partial charge in [-0.2, -0.15) is 0 Å². The smallest absolute Gasteiger partial charge is 0.227 e. The number of rotatable bonds is 2. The first-order valence-electron chi connectivity index (χ1n) is 6.00. The minimum Gasteiger partial charge on any atom is -0.384 e. The minimum absolute atomic E-state index is 0. The zero-order valence-electron chi connectivity index (χ0n) is 9.66. The van der Waals surface area contributed by atoms with E-state index >= 15 is 0 Å². The van der Waals surface area contributed by atoms with Gasteiger partial charge in [0.2, 0.25) is 5.91 Å². The molecule has 3 nitrogen and oxygen atoms in total. The molecular weight excluding hydrogens is 236 g/mol. The van der Waals surface area contributed by atoms with E-state index in [2.05, 4.69) is 22.8 Å². The maximum absolute atomic E-state index is 11.8. The lowest BCUT2D eigenvalue weighted by atomic mass is 9.85. The second kappa shape index (κ2) is 4.96. The number of anilines is 2. The Hall–Kier alpha value is -1.22. The summed E-state index contributed by atoms with van der Waals surface area (Å²) >= 11 is 0. The summed E-state index contributed by atoms with van der Waals surface area (Å²) in [7, 11) is 0. The molecule has 1 aliphatic heterocycles. The maximum atomic E-state index is 11.8. The Labute approximate surface area is 107 Å². The van der Waals surface area contributed by atoms with Crippen LogP contribution in [0, 0.1) is 5.92 Å². The van der Waals surface area contributed by atoms with Crippen molar-refractivity contribution in [1.29, 1.82) is 0 Å². The van der Waals surface area contributed by atoms with Gasteiger partial charge in [-0.25, -0.2) is 0 Å². The first-order chi connectivity index (χ1) is 7.83. The molecule has 2 N–H and O–H groups in total. The first-order valence-corrected chi connectivity index (χ1v) is 6.00. The Morgan fingerprint density at radius 1 is 1.35 bits per heavy atom. The summed E-state index contributed by atoms with van der Waals surface area (Å²) in [5.41, 5.74) is 3.47. The van der Waals surface area contributed by atoms with Crippen LogP contribution in [0.2, 0.25) is 0 Å². The highest BCUT2D eigenvalue weighted by atomic mass is 35.5. The van der Waals surface area contributed by atoms with Crippen LogP contribution in [0.15, 0.2) is 18.2 Å². The number of benzene rings is 1. The Balaban J connectivity index is 0.00000108. The number of amides is 1. The fourth-order valence-electron chi connectivity index (χ4n) is 2.30. The second-order valence-electron chi connectivity index (χ2n) is 4.67. The number of hydrogen-bond acceptors (Lipinski definition) is 2. The zero-order chi connectivity index (χ0) is 11.0. The van der Waals surface area contributed by atoms with Crippen LogP contribution < -0.4 is 10.6 Å². The molecule has 0 atom stereocenters. The molecule has 0 spiro atoms. The van der Waals surface area contributed by atoms with Gasteiger partial charge in [-0.3, -0.25) is 4.79 Å². The van der Waals surface area contributed by atoms with Crippen molar-refractivity contribution in [2.75, 3.05) is 17.2 Å². The number of carbonyl (C=O) groups excluding carboxylic acids is 1. The molecule has 1 saturated carbocycles. The van der Waals surface area contributed by atoms with Crippen molar-refractivity contribution in [3.63, 3.8) is 0 Å². The van der Waals surface area contributed by atoms with E-state index in [1.54, 1.807) is 0 Å². The summed E-state index contributed by atoms with van der Waals surface area (Å²) < 4.78 is 0. The van der Waals surface area contributed by atoms with Gasteiger partial charge < -0.3 is 10.6 Å². The molecule has 92 valence electrons. The van der Waals surface area contributed by atoms with Gasteiger partial charge in [-0.05, 0) is 43.0 Å². The van der Waals surface area contributed by atoms with E-state index in [-0.39, 0.29) is 24.2 Å². The average molecular weight is 253 g/mol. The summed E-state index contributed by atoms with van der Waals surface area (Å²) in [6, 6.07) is 6.12. The van der Waals surface area contributed by atoms with E-state index < -0.39 is 0 Å². The van der Waals surface area contributed by atoms with Crippen molar-refractivity contribution in [1.82, 2.24) is 0 Å². The highest BCUT2D eigenvalue weighted by molar-refractivity contribution is 5.93. The largest absolute Gasteiger partial charge is 0.384 e. The summed E-state index contributed by atoms with van der Waals surface area (Å²) in [6.07, 6.45) is 4.37. The van der Waals surface area contributed by atoms with Crippen LogP contribution >= 0.6 is 12.4 Å². The molecule has 0 aromatic heterocycles. The fourth-order valence-corrected chi connectivity index (χ4v) is 2.30. The van der Waals surface area contributed by atoms with Crippen LogP contribution in [0.25, 0.3) is 0 Å². The number of halogens is 1. The molecule has 17 heavy (non-hydrogen) atoms. The summed E-state index contributed by atoms with van der Waals surface area (Å²) in [6.45, 7) is 1.01. The number of hydrogen-bond donors (Lipinski definition) is 2. The van der Waals surface area contributed by atoms with Gasteiger partial charge in [0.25, 0.3) is 0 Å². The van der Waals surface area contributed by atoms with Gasteiger partial charge in [0, 0.05) is 23.8 Å². The molecule has 1 amide bonds. The molecule has 0 saturated heterocycles. The fraction of sp³-hybridized carbons (Fsp3) is 0.462. The van der Waals surface area contributed by atoms with Crippen LogP contribution in [-0.2, 0) is 11.2 Å². The number of nitrogens with one attached hydrogen (secondary N) is 2. The van der Waals surface area contributed by atoms with Crippen molar-refractivity contribution in [3.05, 3.63) is 23.8 Å². The van der Waals surface area contributed by atoms with E-state index in [4.69, 9.17) is 0 Å². The minimum atomic E-state index is 0. The van der Waals surface area contributed by atoms with E-state index in [0.29, 0.717) is 0 Å². The van der Waals surface area contributed by atoms with Crippen LogP contribution in [0.3, 0.4) is 0 Å². The summed E-state index contributed by atoms with van der Waals surface area (Å²) in [5, 5.41) is 6.32. The molecule has 1 aromatic rings. The molecule has 1 fully saturated rings. The second-order valence-corrected chi connectivity index (χ2v) is 4.67. The topological polar surface area (TPSA) is 41.1 Å². The first kappa shape index (κ1) is 12.2. The SMILES string of the molecule is Cl.O=C(Nc1ccc2c(c1)CCN2)C1CCC1. The van der Waals surface area contributed by atoms with Crippen LogP contribution in [0.4, 0.5) is 11.4 Å². The Bertz CT molecular complexity index is 429. The van der Waals surface area contributed by atoms with Gasteiger partial charge >= 0.3 is 0 Å².